The summed E-state index contributed by atoms with van der Waals surface area (Å²) in [5.41, 5.74) is 2.64. The first kappa shape index (κ1) is 16.7. The van der Waals surface area contributed by atoms with E-state index in [1.165, 1.54) is 28.9 Å². The normalized spacial score (nSPS) is 15.5. The fraction of sp³-hybridized carbons (Fsp3) is 0.474. The lowest BCUT2D eigenvalue weighted by Gasteiger charge is -2.19. The largest absolute Gasteiger partial charge is 0.360 e. The van der Waals surface area contributed by atoms with Gasteiger partial charge in [0.05, 0.1) is 6.04 Å². The van der Waals surface area contributed by atoms with E-state index in [-0.39, 0.29) is 5.91 Å². The van der Waals surface area contributed by atoms with Gasteiger partial charge in [-0.3, -0.25) is 4.79 Å². The maximum Gasteiger partial charge on any atom is 0.280 e. The Morgan fingerprint density at radius 1 is 1.33 bits per heavy atom. The molecule has 1 aromatic carbocycles. The Balaban J connectivity index is 1.59. The summed E-state index contributed by atoms with van der Waals surface area (Å²) in [7, 11) is 0. The molecule has 0 aliphatic heterocycles. The van der Waals surface area contributed by atoms with Gasteiger partial charge in [-0.2, -0.15) is 0 Å². The second-order valence-electron chi connectivity index (χ2n) is 7.05. The van der Waals surface area contributed by atoms with Crippen LogP contribution < -0.4 is 10.2 Å². The van der Waals surface area contributed by atoms with E-state index >= 15 is 0 Å². The summed E-state index contributed by atoms with van der Waals surface area (Å²) in [6.45, 7) is 7.56. The molecule has 24 heavy (non-hydrogen) atoms. The van der Waals surface area contributed by atoms with Crippen LogP contribution in [0.4, 0.5) is 5.82 Å². The zero-order chi connectivity index (χ0) is 17.1. The zero-order valence-electron chi connectivity index (χ0n) is 14.6. The molecule has 3 rings (SSSR count). The quantitative estimate of drug-likeness (QED) is 0.820. The summed E-state index contributed by atoms with van der Waals surface area (Å²) in [5.74, 6) is 1.72. The van der Waals surface area contributed by atoms with Gasteiger partial charge in [-0.1, -0.05) is 43.3 Å². The number of nitrogens with zero attached hydrogens (tertiary/aromatic N) is 1. The second kappa shape index (κ2) is 7.18. The fourth-order valence-corrected chi connectivity index (χ4v) is 2.94. The number of carbonyl (C=O) groups is 1. The number of amides is 1. The van der Waals surface area contributed by atoms with Crippen molar-refractivity contribution in [1.29, 1.82) is 0 Å². The van der Waals surface area contributed by atoms with Crippen molar-refractivity contribution < 1.29 is 14.2 Å². The highest BCUT2D eigenvalue weighted by atomic mass is 16.5. The van der Waals surface area contributed by atoms with Crippen molar-refractivity contribution in [3.8, 4) is 0 Å². The highest BCUT2D eigenvalue weighted by Gasteiger charge is 2.34. The number of anilines is 1. The molecule has 1 aliphatic rings. The molecule has 1 unspecified atom stereocenters. The average molecular weight is 328 g/mol. The molecule has 2 N–H and O–H groups in total. The molecule has 1 heterocycles. The summed E-state index contributed by atoms with van der Waals surface area (Å²) in [4.78, 5) is 13.6. The van der Waals surface area contributed by atoms with Gasteiger partial charge in [-0.05, 0) is 18.4 Å². The van der Waals surface area contributed by atoms with Crippen LogP contribution in [0.2, 0.25) is 0 Å². The first-order valence-corrected chi connectivity index (χ1v) is 8.68. The fourth-order valence-electron chi connectivity index (χ4n) is 2.94. The van der Waals surface area contributed by atoms with Crippen molar-refractivity contribution >= 4 is 11.7 Å². The first-order chi connectivity index (χ1) is 11.5. The Bertz CT molecular complexity index is 687. The molecule has 1 aliphatic carbocycles. The molecule has 5 heteroatoms. The third-order valence-electron chi connectivity index (χ3n) is 4.52. The molecule has 0 saturated heterocycles. The van der Waals surface area contributed by atoms with Crippen LogP contribution in [0.1, 0.15) is 49.5 Å². The monoisotopic (exact) mass is 328 g/mol. The molecule has 1 aromatic heterocycles. The van der Waals surface area contributed by atoms with Crippen molar-refractivity contribution in [3.63, 3.8) is 0 Å². The molecule has 1 fully saturated rings. The SMILES string of the molecule is Cc1cc(NC(=O)C[NH+](Cc2ccc(C(C)C)cc2)C2CC2)no1. The number of carbonyl (C=O) groups excluding carboxylic acids is 1. The maximum absolute atomic E-state index is 12.3. The Morgan fingerprint density at radius 3 is 2.58 bits per heavy atom. The molecule has 1 amide bonds. The number of rotatable bonds is 7. The van der Waals surface area contributed by atoms with E-state index in [4.69, 9.17) is 4.52 Å². The number of hydrogen-bond acceptors (Lipinski definition) is 3. The average Bonchev–Trinajstić information content (AvgIpc) is 3.31. The summed E-state index contributed by atoms with van der Waals surface area (Å²) in [6.07, 6.45) is 2.41. The highest BCUT2D eigenvalue weighted by molar-refractivity contribution is 5.90. The molecule has 128 valence electrons. The van der Waals surface area contributed by atoms with Gasteiger partial charge in [-0.15, -0.1) is 0 Å². The van der Waals surface area contributed by atoms with Gasteiger partial charge in [0.25, 0.3) is 5.91 Å². The lowest BCUT2D eigenvalue weighted by Crippen LogP contribution is -3.13. The van der Waals surface area contributed by atoms with E-state index in [1.54, 1.807) is 6.07 Å². The van der Waals surface area contributed by atoms with Gasteiger partial charge in [-0.25, -0.2) is 0 Å². The van der Waals surface area contributed by atoms with Crippen LogP contribution in [0.5, 0.6) is 0 Å². The smallest absolute Gasteiger partial charge is 0.280 e. The lowest BCUT2D eigenvalue weighted by atomic mass is 10.0. The third kappa shape index (κ3) is 4.45. The molecular weight excluding hydrogens is 302 g/mol. The van der Waals surface area contributed by atoms with Crippen molar-refractivity contribution in [1.82, 2.24) is 5.16 Å². The van der Waals surface area contributed by atoms with Gasteiger partial charge in [0.1, 0.15) is 12.3 Å². The third-order valence-corrected chi connectivity index (χ3v) is 4.52. The van der Waals surface area contributed by atoms with Crippen LogP contribution in [0.3, 0.4) is 0 Å². The number of aryl methyl sites for hydroxylation is 1. The van der Waals surface area contributed by atoms with Crippen molar-refractivity contribution in [3.05, 3.63) is 47.2 Å². The molecule has 0 radical (unpaired) electrons. The van der Waals surface area contributed by atoms with Crippen LogP contribution in [-0.2, 0) is 11.3 Å². The summed E-state index contributed by atoms with van der Waals surface area (Å²) < 4.78 is 4.98. The molecule has 0 bridgehead atoms. The lowest BCUT2D eigenvalue weighted by molar-refractivity contribution is -0.916. The van der Waals surface area contributed by atoms with Crippen LogP contribution in [-0.4, -0.2) is 23.7 Å². The second-order valence-corrected chi connectivity index (χ2v) is 7.05. The van der Waals surface area contributed by atoms with Crippen LogP contribution in [0.15, 0.2) is 34.9 Å². The number of hydrogen-bond donors (Lipinski definition) is 2. The molecule has 1 atom stereocenters. The minimum atomic E-state index is -0.0102. The number of quaternary nitrogens is 1. The maximum atomic E-state index is 12.3. The topological polar surface area (TPSA) is 59.6 Å². The summed E-state index contributed by atoms with van der Waals surface area (Å²) >= 11 is 0. The van der Waals surface area contributed by atoms with Gasteiger partial charge in [0, 0.05) is 24.5 Å². The number of nitrogens with one attached hydrogen (secondary N) is 2. The van der Waals surface area contributed by atoms with Crippen molar-refractivity contribution in [2.24, 2.45) is 0 Å². The molecule has 2 aromatic rings. The highest BCUT2D eigenvalue weighted by Crippen LogP contribution is 2.17. The van der Waals surface area contributed by atoms with Gasteiger partial charge < -0.3 is 14.7 Å². The van der Waals surface area contributed by atoms with Gasteiger partial charge >= 0.3 is 0 Å². The first-order valence-electron chi connectivity index (χ1n) is 8.68. The van der Waals surface area contributed by atoms with Crippen molar-refractivity contribution in [2.75, 3.05) is 11.9 Å². The number of benzene rings is 1. The molecule has 5 nitrogen and oxygen atoms in total. The van der Waals surface area contributed by atoms with Crippen molar-refractivity contribution in [2.45, 2.75) is 52.1 Å². The Labute approximate surface area is 143 Å². The Kier molecular flexibility index (Phi) is 5.00. The van der Waals surface area contributed by atoms with Crippen LogP contribution in [0, 0.1) is 6.92 Å². The molecule has 1 saturated carbocycles. The zero-order valence-corrected chi connectivity index (χ0v) is 14.6. The van der Waals surface area contributed by atoms with Crippen LogP contribution >= 0.6 is 0 Å². The van der Waals surface area contributed by atoms with E-state index in [0.717, 1.165) is 6.54 Å². The minimum absolute atomic E-state index is 0.0102. The summed E-state index contributed by atoms with van der Waals surface area (Å²) in [6, 6.07) is 11.1. The summed E-state index contributed by atoms with van der Waals surface area (Å²) in [5, 5.41) is 6.64. The predicted octanol–water partition coefficient (Wildman–Crippen LogP) is 2.29. The molecular formula is C19H26N3O2+. The standard InChI is InChI=1S/C19H25N3O2/c1-13(2)16-6-4-15(5-7-16)11-22(17-8-9-17)12-19(23)20-18-10-14(3)24-21-18/h4-7,10,13,17H,8-9,11-12H2,1-3H3,(H,20,21,23)/p+1. The van der Waals surface area contributed by atoms with Gasteiger partial charge in [0.15, 0.2) is 12.4 Å². The Hall–Kier alpha value is -2.14. The Morgan fingerprint density at radius 2 is 2.04 bits per heavy atom. The molecule has 0 spiro atoms. The van der Waals surface area contributed by atoms with Crippen LogP contribution in [0.25, 0.3) is 0 Å². The van der Waals surface area contributed by atoms with E-state index in [0.29, 0.717) is 30.1 Å². The minimum Gasteiger partial charge on any atom is -0.360 e. The van der Waals surface area contributed by atoms with E-state index in [1.807, 2.05) is 6.92 Å². The predicted molar refractivity (Wildman–Crippen MR) is 93.0 cm³/mol. The van der Waals surface area contributed by atoms with Gasteiger partial charge in [0.2, 0.25) is 0 Å². The number of aromatic nitrogens is 1. The van der Waals surface area contributed by atoms with E-state index in [9.17, 15) is 4.79 Å². The van der Waals surface area contributed by atoms with E-state index < -0.39 is 0 Å². The van der Waals surface area contributed by atoms with E-state index in [2.05, 4.69) is 48.6 Å².